The normalized spacial score (nSPS) is 11.3. The van der Waals surface area contributed by atoms with E-state index in [1.54, 1.807) is 0 Å². The standard InChI is InChI=1S/C18H19ClN2O/c1-12(2)21-13(10-14-16(20)7-5-8-17(14)21)11-22-18-9-4-3-6-15(18)19/h3-10,12H,11,20H2,1-2H3. The van der Waals surface area contributed by atoms with Crippen LogP contribution in [0.4, 0.5) is 5.69 Å². The first-order chi connectivity index (χ1) is 10.6. The molecule has 22 heavy (non-hydrogen) atoms. The molecule has 0 saturated heterocycles. The molecule has 4 heteroatoms. The molecule has 1 heterocycles. The molecule has 0 spiro atoms. The topological polar surface area (TPSA) is 40.2 Å². The fraction of sp³-hybridized carbons (Fsp3) is 0.222. The van der Waals surface area contributed by atoms with Gasteiger partial charge in [0.25, 0.3) is 0 Å². The zero-order valence-electron chi connectivity index (χ0n) is 12.7. The summed E-state index contributed by atoms with van der Waals surface area (Å²) in [7, 11) is 0. The highest BCUT2D eigenvalue weighted by Crippen LogP contribution is 2.30. The summed E-state index contributed by atoms with van der Waals surface area (Å²) in [4.78, 5) is 0. The molecule has 0 aliphatic carbocycles. The maximum absolute atomic E-state index is 6.14. The minimum atomic E-state index is 0.323. The lowest BCUT2D eigenvalue weighted by Crippen LogP contribution is -2.08. The third kappa shape index (κ3) is 2.64. The molecule has 0 radical (unpaired) electrons. The fourth-order valence-electron chi connectivity index (χ4n) is 2.76. The molecule has 1 aromatic heterocycles. The summed E-state index contributed by atoms with van der Waals surface area (Å²) in [6.45, 7) is 4.76. The molecule has 0 amide bonds. The molecule has 114 valence electrons. The Morgan fingerprint density at radius 3 is 2.64 bits per heavy atom. The second-order valence-corrected chi connectivity index (χ2v) is 6.01. The predicted octanol–water partition coefficient (Wildman–Crippen LogP) is 5.04. The van der Waals surface area contributed by atoms with Crippen LogP contribution < -0.4 is 10.5 Å². The van der Waals surface area contributed by atoms with Crippen molar-refractivity contribution in [2.75, 3.05) is 5.73 Å². The van der Waals surface area contributed by atoms with Crippen LogP contribution in [0.3, 0.4) is 0 Å². The highest BCUT2D eigenvalue weighted by atomic mass is 35.5. The number of nitrogen functional groups attached to an aromatic ring is 1. The lowest BCUT2D eigenvalue weighted by molar-refractivity contribution is 0.293. The van der Waals surface area contributed by atoms with Crippen molar-refractivity contribution in [3.05, 3.63) is 59.2 Å². The molecule has 0 aliphatic rings. The van der Waals surface area contributed by atoms with Crippen LogP contribution in [0.2, 0.25) is 5.02 Å². The molecule has 0 aliphatic heterocycles. The quantitative estimate of drug-likeness (QED) is 0.685. The minimum Gasteiger partial charge on any atom is -0.486 e. The Morgan fingerprint density at radius 1 is 1.14 bits per heavy atom. The largest absolute Gasteiger partial charge is 0.486 e. The summed E-state index contributed by atoms with van der Waals surface area (Å²) in [5, 5.41) is 1.68. The first-order valence-corrected chi connectivity index (χ1v) is 7.71. The fourth-order valence-corrected chi connectivity index (χ4v) is 2.95. The maximum atomic E-state index is 6.14. The summed E-state index contributed by atoms with van der Waals surface area (Å²) in [6.07, 6.45) is 0. The molecule has 2 N–H and O–H groups in total. The Kier molecular flexibility index (Phi) is 3.99. The molecule has 0 atom stereocenters. The number of nitrogens with two attached hydrogens (primary N) is 1. The van der Waals surface area contributed by atoms with Crippen molar-refractivity contribution in [3.63, 3.8) is 0 Å². The van der Waals surface area contributed by atoms with Crippen LogP contribution >= 0.6 is 11.6 Å². The van der Waals surface area contributed by atoms with Gasteiger partial charge in [0.1, 0.15) is 12.4 Å². The Bertz CT molecular complexity index is 808. The number of para-hydroxylation sites is 1. The van der Waals surface area contributed by atoms with Gasteiger partial charge in [0.2, 0.25) is 0 Å². The van der Waals surface area contributed by atoms with E-state index in [1.807, 2.05) is 36.4 Å². The van der Waals surface area contributed by atoms with Crippen LogP contribution in [0.1, 0.15) is 25.6 Å². The van der Waals surface area contributed by atoms with Crippen molar-refractivity contribution in [2.24, 2.45) is 0 Å². The van der Waals surface area contributed by atoms with Crippen LogP contribution in [-0.2, 0) is 6.61 Å². The molecule has 0 fully saturated rings. The third-order valence-corrected chi connectivity index (χ3v) is 4.04. The number of rotatable bonds is 4. The van der Waals surface area contributed by atoms with Gasteiger partial charge in [-0.15, -0.1) is 0 Å². The molecule has 2 aromatic carbocycles. The maximum Gasteiger partial charge on any atom is 0.138 e. The summed E-state index contributed by atoms with van der Waals surface area (Å²) in [5.41, 5.74) is 9.10. The number of halogens is 1. The van der Waals surface area contributed by atoms with Crippen LogP contribution in [0.25, 0.3) is 10.9 Å². The van der Waals surface area contributed by atoms with Gasteiger partial charge in [-0.2, -0.15) is 0 Å². The number of aromatic nitrogens is 1. The summed E-state index contributed by atoms with van der Waals surface area (Å²) in [6, 6.07) is 15.9. The minimum absolute atomic E-state index is 0.323. The van der Waals surface area contributed by atoms with Gasteiger partial charge in [0, 0.05) is 17.1 Å². The lowest BCUT2D eigenvalue weighted by Gasteiger charge is -2.15. The lowest BCUT2D eigenvalue weighted by atomic mass is 10.2. The van der Waals surface area contributed by atoms with Crippen molar-refractivity contribution in [2.45, 2.75) is 26.5 Å². The summed E-state index contributed by atoms with van der Waals surface area (Å²) < 4.78 is 8.14. The van der Waals surface area contributed by atoms with Gasteiger partial charge in [-0.3, -0.25) is 0 Å². The number of hydrogen-bond donors (Lipinski definition) is 1. The van der Waals surface area contributed by atoms with Gasteiger partial charge < -0.3 is 15.0 Å². The Morgan fingerprint density at radius 2 is 1.91 bits per heavy atom. The van der Waals surface area contributed by atoms with E-state index < -0.39 is 0 Å². The Labute approximate surface area is 135 Å². The van der Waals surface area contributed by atoms with Gasteiger partial charge in [0.15, 0.2) is 0 Å². The van der Waals surface area contributed by atoms with E-state index in [0.29, 0.717) is 23.4 Å². The van der Waals surface area contributed by atoms with Gasteiger partial charge in [-0.1, -0.05) is 29.8 Å². The first kappa shape index (κ1) is 14.8. The van der Waals surface area contributed by atoms with E-state index in [4.69, 9.17) is 22.1 Å². The van der Waals surface area contributed by atoms with E-state index in [1.165, 1.54) is 0 Å². The van der Waals surface area contributed by atoms with E-state index in [-0.39, 0.29) is 0 Å². The molecule has 3 rings (SSSR count). The van der Waals surface area contributed by atoms with Crippen LogP contribution in [-0.4, -0.2) is 4.57 Å². The molecule has 3 nitrogen and oxygen atoms in total. The highest BCUT2D eigenvalue weighted by Gasteiger charge is 2.14. The number of nitrogens with zero attached hydrogens (tertiary/aromatic N) is 1. The van der Waals surface area contributed by atoms with E-state index in [9.17, 15) is 0 Å². The summed E-state index contributed by atoms with van der Waals surface area (Å²) >= 11 is 6.14. The molecule has 3 aromatic rings. The Hall–Kier alpha value is -2.13. The Balaban J connectivity index is 1.98. The molecular weight excluding hydrogens is 296 g/mol. The second kappa shape index (κ2) is 5.93. The molecular formula is C18H19ClN2O. The first-order valence-electron chi connectivity index (χ1n) is 7.33. The number of hydrogen-bond acceptors (Lipinski definition) is 2. The van der Waals surface area contributed by atoms with E-state index in [0.717, 1.165) is 22.3 Å². The van der Waals surface area contributed by atoms with Crippen LogP contribution in [0.5, 0.6) is 5.75 Å². The smallest absolute Gasteiger partial charge is 0.138 e. The van der Waals surface area contributed by atoms with Crippen LogP contribution in [0.15, 0.2) is 48.5 Å². The molecule has 0 bridgehead atoms. The zero-order chi connectivity index (χ0) is 15.7. The SMILES string of the molecule is CC(C)n1c(COc2ccccc2Cl)cc2c(N)cccc21. The number of fused-ring (bicyclic) bond motifs is 1. The predicted molar refractivity (Wildman–Crippen MR) is 92.5 cm³/mol. The summed E-state index contributed by atoms with van der Waals surface area (Å²) in [5.74, 6) is 0.692. The average molecular weight is 315 g/mol. The second-order valence-electron chi connectivity index (χ2n) is 5.60. The van der Waals surface area contributed by atoms with Gasteiger partial charge in [0.05, 0.1) is 16.2 Å². The molecule has 0 saturated carbocycles. The van der Waals surface area contributed by atoms with Crippen molar-refractivity contribution >= 4 is 28.2 Å². The number of ether oxygens (including phenoxy) is 1. The van der Waals surface area contributed by atoms with E-state index >= 15 is 0 Å². The van der Waals surface area contributed by atoms with Gasteiger partial charge >= 0.3 is 0 Å². The van der Waals surface area contributed by atoms with E-state index in [2.05, 4.69) is 30.5 Å². The van der Waals surface area contributed by atoms with Crippen molar-refractivity contribution in [3.8, 4) is 5.75 Å². The van der Waals surface area contributed by atoms with Gasteiger partial charge in [-0.05, 0) is 44.2 Å². The third-order valence-electron chi connectivity index (χ3n) is 3.73. The average Bonchev–Trinajstić information content (AvgIpc) is 2.86. The zero-order valence-corrected chi connectivity index (χ0v) is 13.5. The van der Waals surface area contributed by atoms with Gasteiger partial charge in [-0.25, -0.2) is 0 Å². The number of benzene rings is 2. The highest BCUT2D eigenvalue weighted by molar-refractivity contribution is 6.32. The number of anilines is 1. The van der Waals surface area contributed by atoms with Crippen LogP contribution in [0, 0.1) is 0 Å². The monoisotopic (exact) mass is 314 g/mol. The van der Waals surface area contributed by atoms with Crippen molar-refractivity contribution < 1.29 is 4.74 Å². The van der Waals surface area contributed by atoms with Crippen molar-refractivity contribution in [1.29, 1.82) is 0 Å². The molecule has 0 unspecified atom stereocenters. The van der Waals surface area contributed by atoms with Crippen molar-refractivity contribution in [1.82, 2.24) is 4.57 Å².